The van der Waals surface area contributed by atoms with Crippen molar-refractivity contribution in [3.05, 3.63) is 12.2 Å². The van der Waals surface area contributed by atoms with Crippen molar-refractivity contribution < 1.29 is 71.5 Å². The number of hydrogen-bond acceptors (Lipinski definition) is 5. The molecule has 0 aliphatic rings. The summed E-state index contributed by atoms with van der Waals surface area (Å²) in [5, 5.41) is 29.7. The molecule has 1 unspecified atom stereocenters. The number of hydrogen-bond donors (Lipinski definition) is 2. The van der Waals surface area contributed by atoms with Gasteiger partial charge in [-0.05, 0) is 38.5 Å². The number of carboxylic acid groups (broad SMARTS) is 1. The van der Waals surface area contributed by atoms with Crippen molar-refractivity contribution in [2.45, 2.75) is 52.1 Å². The van der Waals surface area contributed by atoms with E-state index >= 15 is 0 Å². The first-order valence-corrected chi connectivity index (χ1v) is 7.93. The maximum Gasteiger partial charge on any atom is 1.00 e. The fourth-order valence-electron chi connectivity index (χ4n) is 1.97. The molecule has 0 aliphatic carbocycles. The van der Waals surface area contributed by atoms with Crippen molar-refractivity contribution in [3.63, 3.8) is 0 Å². The molecule has 1 atom stereocenters. The number of aliphatic imine (C=N–C) groups is 1. The van der Waals surface area contributed by atoms with E-state index in [1.165, 1.54) is 0 Å². The molecule has 7 heteroatoms. The normalized spacial score (nSPS) is 13.3. The molecule has 0 aromatic heterocycles. The average Bonchev–Trinajstić information content (AvgIpc) is 2.43. The van der Waals surface area contributed by atoms with Crippen LogP contribution >= 0.6 is 0 Å². The van der Waals surface area contributed by atoms with Crippen LogP contribution in [-0.4, -0.2) is 59.3 Å². The van der Waals surface area contributed by atoms with Crippen molar-refractivity contribution >= 4 is 11.9 Å². The maximum absolute atomic E-state index is 11.6. The van der Waals surface area contributed by atoms with E-state index in [0.29, 0.717) is 32.6 Å². The van der Waals surface area contributed by atoms with Crippen molar-refractivity contribution in [2.24, 2.45) is 4.99 Å². The number of aliphatic hydroxyl groups is 1. The SMILES string of the molecule is CC/C=C/CCCC([O-])=NCCN(CCC(=O)O)CC(C)O.[K+]. The van der Waals surface area contributed by atoms with Gasteiger partial charge in [0.05, 0.1) is 19.1 Å². The molecule has 0 aromatic rings. The molecule has 0 saturated heterocycles. The maximum atomic E-state index is 11.6. The summed E-state index contributed by atoms with van der Waals surface area (Å²) in [6.45, 7) is 5.29. The van der Waals surface area contributed by atoms with Gasteiger partial charge in [0.1, 0.15) is 0 Å². The average molecular weight is 353 g/mol. The van der Waals surface area contributed by atoms with Gasteiger partial charge in [-0.1, -0.05) is 19.1 Å². The van der Waals surface area contributed by atoms with E-state index in [9.17, 15) is 15.0 Å². The second-order valence-electron chi connectivity index (χ2n) is 5.34. The molecule has 0 bridgehead atoms. The topological polar surface area (TPSA) is 96.2 Å². The van der Waals surface area contributed by atoms with Gasteiger partial charge in [-0.2, -0.15) is 0 Å². The van der Waals surface area contributed by atoms with E-state index in [1.54, 1.807) is 6.92 Å². The molecule has 0 radical (unpaired) electrons. The van der Waals surface area contributed by atoms with Crippen LogP contribution in [0.3, 0.4) is 0 Å². The zero-order valence-electron chi connectivity index (χ0n) is 14.7. The van der Waals surface area contributed by atoms with Crippen LogP contribution in [0, 0.1) is 0 Å². The Morgan fingerprint density at radius 2 is 2.00 bits per heavy atom. The Labute approximate surface area is 182 Å². The summed E-state index contributed by atoms with van der Waals surface area (Å²) in [5.41, 5.74) is 0. The first-order valence-electron chi connectivity index (χ1n) is 7.93. The molecular formula is C16H29KN2O4. The van der Waals surface area contributed by atoms with Crippen molar-refractivity contribution in [2.75, 3.05) is 26.2 Å². The summed E-state index contributed by atoms with van der Waals surface area (Å²) in [6, 6.07) is 0. The first kappa shape index (κ1) is 25.5. The van der Waals surface area contributed by atoms with Crippen LogP contribution in [0.25, 0.3) is 0 Å². The molecule has 0 spiro atoms. The fraction of sp³-hybridized carbons (Fsp3) is 0.750. The van der Waals surface area contributed by atoms with Gasteiger partial charge in [-0.25, -0.2) is 0 Å². The quantitative estimate of drug-likeness (QED) is 0.132. The zero-order valence-corrected chi connectivity index (χ0v) is 17.8. The summed E-state index contributed by atoms with van der Waals surface area (Å²) in [7, 11) is 0. The third-order valence-electron chi connectivity index (χ3n) is 3.03. The molecule has 23 heavy (non-hydrogen) atoms. The van der Waals surface area contributed by atoms with E-state index in [-0.39, 0.29) is 63.7 Å². The van der Waals surface area contributed by atoms with Gasteiger partial charge < -0.3 is 20.3 Å². The molecule has 0 saturated carbocycles. The second-order valence-corrected chi connectivity index (χ2v) is 5.34. The molecule has 0 fully saturated rings. The van der Waals surface area contributed by atoms with E-state index in [0.717, 1.165) is 19.3 Å². The number of allylic oxidation sites excluding steroid dienone is 2. The standard InChI is InChI=1S/C16H30N2O4.K/c1-3-4-5-6-7-8-15(20)17-10-12-18(13-14(2)19)11-9-16(21)22;/h4-5,14,19H,3,6-13H2,1-2H3,(H,17,20)(H,21,22);/q;+1/p-1/b5-4+;. The van der Waals surface area contributed by atoms with Crippen LogP contribution in [0.2, 0.25) is 0 Å². The van der Waals surface area contributed by atoms with Crippen molar-refractivity contribution in [1.29, 1.82) is 0 Å². The van der Waals surface area contributed by atoms with E-state index in [2.05, 4.69) is 24.1 Å². The Balaban J connectivity index is 0. The molecule has 2 N–H and O–H groups in total. The summed E-state index contributed by atoms with van der Waals surface area (Å²) >= 11 is 0. The van der Waals surface area contributed by atoms with Crippen LogP contribution in [0.5, 0.6) is 0 Å². The Bertz CT molecular complexity index is 360. The minimum Gasteiger partial charge on any atom is -0.862 e. The number of carbonyl (C=O) groups is 1. The smallest absolute Gasteiger partial charge is 0.862 e. The van der Waals surface area contributed by atoms with Gasteiger partial charge in [0.25, 0.3) is 0 Å². The van der Waals surface area contributed by atoms with Gasteiger partial charge >= 0.3 is 57.4 Å². The van der Waals surface area contributed by atoms with Crippen LogP contribution in [0.15, 0.2) is 17.1 Å². The van der Waals surface area contributed by atoms with E-state index in [4.69, 9.17) is 5.11 Å². The molecule has 0 aliphatic heterocycles. The second kappa shape index (κ2) is 17.1. The van der Waals surface area contributed by atoms with Gasteiger partial charge in [-0.3, -0.25) is 9.69 Å². The number of carboxylic acids is 1. The van der Waals surface area contributed by atoms with Gasteiger partial charge in [-0.15, -0.1) is 0 Å². The largest absolute Gasteiger partial charge is 1.00 e. The van der Waals surface area contributed by atoms with Crippen molar-refractivity contribution in [3.8, 4) is 0 Å². The summed E-state index contributed by atoms with van der Waals surface area (Å²) < 4.78 is 0. The van der Waals surface area contributed by atoms with Gasteiger partial charge in [0.2, 0.25) is 0 Å². The van der Waals surface area contributed by atoms with Crippen LogP contribution in [0.1, 0.15) is 46.0 Å². The number of aliphatic carboxylic acids is 1. The molecule has 6 nitrogen and oxygen atoms in total. The number of unbranched alkanes of at least 4 members (excludes halogenated alkanes) is 1. The Morgan fingerprint density at radius 1 is 1.30 bits per heavy atom. The number of rotatable bonds is 13. The van der Waals surface area contributed by atoms with Gasteiger partial charge in [0.15, 0.2) is 0 Å². The van der Waals surface area contributed by atoms with E-state index in [1.807, 2.05) is 4.90 Å². The third-order valence-corrected chi connectivity index (χ3v) is 3.03. The number of aliphatic hydroxyl groups excluding tert-OH is 1. The fourth-order valence-corrected chi connectivity index (χ4v) is 1.97. The number of nitrogens with zero attached hydrogens (tertiary/aromatic N) is 2. The third kappa shape index (κ3) is 18.4. The molecule has 0 heterocycles. The molecule has 0 aromatic carbocycles. The molecular weight excluding hydrogens is 323 g/mol. The predicted molar refractivity (Wildman–Crippen MR) is 86.0 cm³/mol. The minimum absolute atomic E-state index is 0. The summed E-state index contributed by atoms with van der Waals surface area (Å²) in [6.07, 6.45) is 6.78. The zero-order chi connectivity index (χ0) is 16.8. The Morgan fingerprint density at radius 3 is 2.57 bits per heavy atom. The summed E-state index contributed by atoms with van der Waals surface area (Å²) in [5.74, 6) is -0.983. The molecule has 0 rings (SSSR count). The Hall–Kier alpha value is 0.236. The summed E-state index contributed by atoms with van der Waals surface area (Å²) in [4.78, 5) is 16.4. The molecule has 128 valence electrons. The predicted octanol–water partition coefficient (Wildman–Crippen LogP) is -1.96. The minimum atomic E-state index is -0.872. The van der Waals surface area contributed by atoms with Crippen LogP contribution < -0.4 is 56.5 Å². The monoisotopic (exact) mass is 352 g/mol. The van der Waals surface area contributed by atoms with Gasteiger partial charge in [0, 0.05) is 19.6 Å². The first-order chi connectivity index (χ1) is 10.5. The molecule has 0 amide bonds. The van der Waals surface area contributed by atoms with Crippen LogP contribution in [0.4, 0.5) is 0 Å². The Kier molecular flexibility index (Phi) is 18.9. The van der Waals surface area contributed by atoms with Crippen molar-refractivity contribution in [1.82, 2.24) is 4.90 Å². The van der Waals surface area contributed by atoms with Crippen LogP contribution in [-0.2, 0) is 4.79 Å². The van der Waals surface area contributed by atoms with E-state index < -0.39 is 12.1 Å².